The molecule has 1 aliphatic rings. The van der Waals surface area contributed by atoms with Gasteiger partial charge in [-0.2, -0.15) is 0 Å². The van der Waals surface area contributed by atoms with Crippen LogP contribution in [0.25, 0.3) is 0 Å². The Balaban J connectivity index is 1.26. The largest absolute Gasteiger partial charge is 0.445 e. The van der Waals surface area contributed by atoms with Crippen LogP contribution in [0.15, 0.2) is 36.5 Å². The fourth-order valence-corrected chi connectivity index (χ4v) is 3.96. The number of carbonyl (C=O) groups excluding carboxylic acids is 3. The van der Waals surface area contributed by atoms with Gasteiger partial charge in [0.2, 0.25) is 17.8 Å². The number of benzene rings is 1. The predicted octanol–water partition coefficient (Wildman–Crippen LogP) is 3.68. The molecule has 0 spiro atoms. The molecule has 3 rings (SSSR count). The SMILES string of the molecule is CCCC(=O)Nc1ncc2c(n1)CCC(NC(=O)CCCCCNC(=O)OCc1ccccc1)C2. The molecule has 0 fully saturated rings. The summed E-state index contributed by atoms with van der Waals surface area (Å²) in [6, 6.07) is 9.61. The van der Waals surface area contributed by atoms with Gasteiger partial charge in [-0.3, -0.25) is 14.9 Å². The fourth-order valence-electron chi connectivity index (χ4n) is 3.96. The van der Waals surface area contributed by atoms with Gasteiger partial charge in [-0.25, -0.2) is 14.8 Å². The summed E-state index contributed by atoms with van der Waals surface area (Å²) in [5.74, 6) is 0.314. The van der Waals surface area contributed by atoms with Crippen LogP contribution in [0.2, 0.25) is 0 Å². The first kappa shape index (κ1) is 26.1. The number of aromatic nitrogens is 2. The van der Waals surface area contributed by atoms with Crippen molar-refractivity contribution in [1.29, 1.82) is 0 Å². The number of anilines is 1. The number of alkyl carbamates (subject to hydrolysis) is 1. The molecule has 1 aromatic heterocycles. The highest BCUT2D eigenvalue weighted by Gasteiger charge is 2.22. The van der Waals surface area contributed by atoms with E-state index >= 15 is 0 Å². The molecule has 0 bridgehead atoms. The molecule has 3 N–H and O–H groups in total. The topological polar surface area (TPSA) is 122 Å². The highest BCUT2D eigenvalue weighted by molar-refractivity contribution is 5.88. The van der Waals surface area contributed by atoms with Crippen molar-refractivity contribution in [2.45, 2.75) is 77.4 Å². The molecule has 3 amide bonds. The lowest BCUT2D eigenvalue weighted by Gasteiger charge is -2.25. The molecule has 0 saturated carbocycles. The Morgan fingerprint density at radius 1 is 1.06 bits per heavy atom. The first-order chi connectivity index (χ1) is 17.0. The second-order valence-corrected chi connectivity index (χ2v) is 8.77. The zero-order valence-electron chi connectivity index (χ0n) is 20.3. The minimum Gasteiger partial charge on any atom is -0.445 e. The van der Waals surface area contributed by atoms with Crippen LogP contribution in [-0.2, 0) is 33.8 Å². The van der Waals surface area contributed by atoms with Gasteiger partial charge in [-0.1, -0.05) is 43.7 Å². The number of amides is 3. The van der Waals surface area contributed by atoms with E-state index in [4.69, 9.17) is 4.74 Å². The minimum absolute atomic E-state index is 0.0399. The van der Waals surface area contributed by atoms with E-state index in [1.807, 2.05) is 37.3 Å². The number of fused-ring (bicyclic) bond motifs is 1. The second kappa shape index (κ2) is 14.0. The molecule has 1 unspecified atom stereocenters. The Hall–Kier alpha value is -3.49. The number of unbranched alkanes of at least 4 members (excludes halogenated alkanes) is 2. The Morgan fingerprint density at radius 2 is 1.89 bits per heavy atom. The van der Waals surface area contributed by atoms with Crippen molar-refractivity contribution in [3.05, 3.63) is 53.3 Å². The number of nitrogens with zero attached hydrogens (tertiary/aromatic N) is 2. The van der Waals surface area contributed by atoms with Gasteiger partial charge in [0.05, 0.1) is 0 Å². The van der Waals surface area contributed by atoms with Crippen molar-refractivity contribution in [3.63, 3.8) is 0 Å². The van der Waals surface area contributed by atoms with Crippen molar-refractivity contribution in [3.8, 4) is 0 Å². The number of rotatable bonds is 12. The summed E-state index contributed by atoms with van der Waals surface area (Å²) in [6.07, 6.45) is 7.66. The average Bonchev–Trinajstić information content (AvgIpc) is 2.85. The molecule has 35 heavy (non-hydrogen) atoms. The Kier molecular flexibility index (Phi) is 10.5. The number of carbonyl (C=O) groups is 3. The summed E-state index contributed by atoms with van der Waals surface area (Å²) >= 11 is 0. The van der Waals surface area contributed by atoms with E-state index < -0.39 is 6.09 Å². The quantitative estimate of drug-likeness (QED) is 0.398. The number of nitrogens with one attached hydrogen (secondary N) is 3. The van der Waals surface area contributed by atoms with Crippen LogP contribution in [0.5, 0.6) is 0 Å². The summed E-state index contributed by atoms with van der Waals surface area (Å²) in [5.41, 5.74) is 2.90. The van der Waals surface area contributed by atoms with Crippen molar-refractivity contribution < 1.29 is 19.1 Å². The van der Waals surface area contributed by atoms with Gasteiger partial charge in [0, 0.05) is 37.3 Å². The van der Waals surface area contributed by atoms with Crippen LogP contribution in [-0.4, -0.2) is 40.5 Å². The monoisotopic (exact) mass is 481 g/mol. The molecule has 0 aliphatic heterocycles. The molecule has 1 aromatic carbocycles. The highest BCUT2D eigenvalue weighted by atomic mass is 16.5. The molecule has 1 heterocycles. The maximum Gasteiger partial charge on any atom is 0.407 e. The lowest BCUT2D eigenvalue weighted by molar-refractivity contribution is -0.122. The third-order valence-electron chi connectivity index (χ3n) is 5.81. The van der Waals surface area contributed by atoms with Gasteiger partial charge in [0.25, 0.3) is 0 Å². The van der Waals surface area contributed by atoms with Gasteiger partial charge in [0.1, 0.15) is 6.61 Å². The van der Waals surface area contributed by atoms with Crippen LogP contribution in [0, 0.1) is 0 Å². The predicted molar refractivity (Wildman–Crippen MR) is 133 cm³/mol. The molecule has 2 aromatic rings. The molecule has 0 saturated heterocycles. The standard InChI is InChI=1S/C26H35N5O4/c1-2-9-23(32)31-25-28-17-20-16-21(13-14-22(20)30-25)29-24(33)12-7-4-8-15-27-26(34)35-18-19-10-5-3-6-11-19/h3,5-6,10-11,17,21H,2,4,7-9,12-16,18H2,1H3,(H,27,34)(H,29,33)(H,28,30,31,32). The molecule has 9 heteroatoms. The zero-order chi connectivity index (χ0) is 24.9. The van der Waals surface area contributed by atoms with E-state index in [1.165, 1.54) is 0 Å². The van der Waals surface area contributed by atoms with E-state index in [1.54, 1.807) is 6.20 Å². The van der Waals surface area contributed by atoms with Gasteiger partial charge >= 0.3 is 6.09 Å². The maximum absolute atomic E-state index is 12.3. The molecule has 1 atom stereocenters. The van der Waals surface area contributed by atoms with E-state index in [2.05, 4.69) is 25.9 Å². The summed E-state index contributed by atoms with van der Waals surface area (Å²) in [6.45, 7) is 2.72. The Morgan fingerprint density at radius 3 is 2.69 bits per heavy atom. The minimum atomic E-state index is -0.427. The van der Waals surface area contributed by atoms with Crippen LogP contribution in [0.3, 0.4) is 0 Å². The molecule has 9 nitrogen and oxygen atoms in total. The van der Waals surface area contributed by atoms with Crippen LogP contribution >= 0.6 is 0 Å². The van der Waals surface area contributed by atoms with Crippen LogP contribution in [0.4, 0.5) is 10.7 Å². The van der Waals surface area contributed by atoms with E-state index in [0.717, 1.165) is 55.3 Å². The van der Waals surface area contributed by atoms with E-state index in [9.17, 15) is 14.4 Å². The number of hydrogen-bond acceptors (Lipinski definition) is 6. The summed E-state index contributed by atoms with van der Waals surface area (Å²) in [7, 11) is 0. The van der Waals surface area contributed by atoms with Gasteiger partial charge in [0.15, 0.2) is 0 Å². The summed E-state index contributed by atoms with van der Waals surface area (Å²) < 4.78 is 5.17. The number of hydrogen-bond donors (Lipinski definition) is 3. The van der Waals surface area contributed by atoms with Gasteiger partial charge < -0.3 is 15.4 Å². The maximum atomic E-state index is 12.3. The third kappa shape index (κ3) is 9.35. The van der Waals surface area contributed by atoms with Gasteiger partial charge in [-0.05, 0) is 49.7 Å². The average molecular weight is 482 g/mol. The van der Waals surface area contributed by atoms with E-state index in [0.29, 0.717) is 31.8 Å². The second-order valence-electron chi connectivity index (χ2n) is 8.77. The normalized spacial score (nSPS) is 14.5. The Labute approximate surface area is 206 Å². The van der Waals surface area contributed by atoms with Crippen molar-refractivity contribution in [2.24, 2.45) is 0 Å². The highest BCUT2D eigenvalue weighted by Crippen LogP contribution is 2.20. The molecule has 1 aliphatic carbocycles. The molecular weight excluding hydrogens is 446 g/mol. The fraction of sp³-hybridized carbons (Fsp3) is 0.500. The first-order valence-corrected chi connectivity index (χ1v) is 12.4. The smallest absolute Gasteiger partial charge is 0.407 e. The number of ether oxygens (including phenoxy) is 1. The zero-order valence-corrected chi connectivity index (χ0v) is 20.3. The summed E-state index contributed by atoms with van der Waals surface area (Å²) in [4.78, 5) is 44.5. The number of aryl methyl sites for hydroxylation is 1. The van der Waals surface area contributed by atoms with E-state index in [-0.39, 0.29) is 24.5 Å². The van der Waals surface area contributed by atoms with Crippen molar-refractivity contribution in [1.82, 2.24) is 20.6 Å². The Bertz CT molecular complexity index is 983. The molecule has 188 valence electrons. The van der Waals surface area contributed by atoms with Crippen molar-refractivity contribution in [2.75, 3.05) is 11.9 Å². The van der Waals surface area contributed by atoms with Crippen LogP contribution in [0.1, 0.15) is 68.7 Å². The van der Waals surface area contributed by atoms with Crippen LogP contribution < -0.4 is 16.0 Å². The first-order valence-electron chi connectivity index (χ1n) is 12.4. The van der Waals surface area contributed by atoms with Gasteiger partial charge in [-0.15, -0.1) is 0 Å². The van der Waals surface area contributed by atoms with Crippen molar-refractivity contribution >= 4 is 23.9 Å². The molecular formula is C26H35N5O4. The lowest BCUT2D eigenvalue weighted by atomic mass is 9.92. The lowest BCUT2D eigenvalue weighted by Crippen LogP contribution is -2.39. The molecule has 0 radical (unpaired) electrons. The third-order valence-corrected chi connectivity index (χ3v) is 5.81. The summed E-state index contributed by atoms with van der Waals surface area (Å²) in [5, 5.41) is 8.58.